The third-order valence-electron chi connectivity index (χ3n) is 0.217. The quantitative estimate of drug-likeness (QED) is 0.442. The highest BCUT2D eigenvalue weighted by Crippen LogP contribution is 1.61. The lowest BCUT2D eigenvalue weighted by Crippen LogP contribution is -1.84. The monoisotopic (exact) mass is 85.0 g/mol. The largest absolute Gasteiger partial charge is 0.478 e. The fourth-order valence-electron chi connectivity index (χ4n) is 0.0638. The molecular weight excluding hydrogens is 82.0 g/mol. The predicted octanol–water partition coefficient (Wildman–Crippen LogP) is -0.347. The van der Waals surface area contributed by atoms with E-state index in [0.29, 0.717) is 12.3 Å². The van der Waals surface area contributed by atoms with E-state index in [-0.39, 0.29) is 0 Å². The summed E-state index contributed by atoms with van der Waals surface area (Å²) in [4.78, 5) is 9.35. The van der Waals surface area contributed by atoms with Gasteiger partial charge in [0.05, 0.1) is 6.20 Å². The number of aliphatic carboxylic acids is 1. The van der Waals surface area contributed by atoms with Crippen molar-refractivity contribution in [3.05, 3.63) is 12.3 Å². The molecule has 32 valence electrons. The molecule has 0 atom stereocenters. The van der Waals surface area contributed by atoms with Crippen LogP contribution < -0.4 is 5.73 Å². The minimum Gasteiger partial charge on any atom is -0.478 e. The van der Waals surface area contributed by atoms with E-state index in [1.807, 2.05) is 0 Å². The second kappa shape index (κ2) is 2.26. The van der Waals surface area contributed by atoms with Gasteiger partial charge in [0.25, 0.3) is 0 Å². The van der Waals surface area contributed by atoms with Gasteiger partial charge in [-0.2, -0.15) is 5.73 Å². The first-order valence-corrected chi connectivity index (χ1v) is 1.31. The molecule has 0 unspecified atom stereocenters. The third-order valence-corrected chi connectivity index (χ3v) is 0.217. The molecule has 0 aliphatic carbocycles. The molecule has 1 N–H and O–H groups in total. The molecule has 0 bridgehead atoms. The van der Waals surface area contributed by atoms with Crippen LogP contribution in [0.15, 0.2) is 12.3 Å². The third kappa shape index (κ3) is 3.01. The summed E-state index contributed by atoms with van der Waals surface area (Å²) in [6.45, 7) is 0. The first kappa shape index (κ1) is 5.01. The maximum absolute atomic E-state index is 9.35. The normalized spacial score (nSPS) is 9.33. The topological polar surface area (TPSA) is 59.6 Å². The van der Waals surface area contributed by atoms with E-state index in [9.17, 15) is 4.79 Å². The summed E-state index contributed by atoms with van der Waals surface area (Å²) in [6.07, 6.45) is 1.11. The average molecular weight is 85.1 g/mol. The van der Waals surface area contributed by atoms with E-state index in [0.717, 1.165) is 0 Å². The first-order valence-electron chi connectivity index (χ1n) is 1.31. The Morgan fingerprint density at radius 3 is 2.33 bits per heavy atom. The molecule has 0 aliphatic heterocycles. The van der Waals surface area contributed by atoms with Gasteiger partial charge in [-0.05, 0) is 0 Å². The SMILES string of the molecule is [N]C=CC(=O)O. The molecule has 0 saturated carbocycles. The summed E-state index contributed by atoms with van der Waals surface area (Å²) in [7, 11) is 0. The standard InChI is InChI=1S/C3H3NO2/c4-2-1-3(5)6/h1-2H,(H,5,6). The zero-order chi connectivity index (χ0) is 4.99. The van der Waals surface area contributed by atoms with Crippen molar-refractivity contribution in [2.24, 2.45) is 0 Å². The molecule has 0 fully saturated rings. The van der Waals surface area contributed by atoms with Crippen molar-refractivity contribution in [1.29, 1.82) is 0 Å². The Hall–Kier alpha value is -0.990. The summed E-state index contributed by atoms with van der Waals surface area (Å²) < 4.78 is 0. The minimum absolute atomic E-state index is 0.475. The molecule has 0 aliphatic rings. The molecule has 3 nitrogen and oxygen atoms in total. The van der Waals surface area contributed by atoms with Gasteiger partial charge in [0.1, 0.15) is 0 Å². The highest BCUT2D eigenvalue weighted by atomic mass is 16.4. The molecule has 0 spiro atoms. The van der Waals surface area contributed by atoms with E-state index in [4.69, 9.17) is 10.8 Å². The maximum Gasteiger partial charge on any atom is 0.329 e. The number of hydrogen-bond acceptors (Lipinski definition) is 1. The second-order valence-electron chi connectivity index (χ2n) is 0.654. The van der Waals surface area contributed by atoms with Crippen molar-refractivity contribution in [2.45, 2.75) is 0 Å². The second-order valence-corrected chi connectivity index (χ2v) is 0.654. The van der Waals surface area contributed by atoms with Gasteiger partial charge < -0.3 is 5.11 Å². The Kier molecular flexibility index (Phi) is 1.89. The van der Waals surface area contributed by atoms with E-state index in [1.54, 1.807) is 0 Å². The van der Waals surface area contributed by atoms with Crippen LogP contribution in [0.4, 0.5) is 0 Å². The van der Waals surface area contributed by atoms with Crippen molar-refractivity contribution in [3.8, 4) is 0 Å². The number of carbonyl (C=O) groups is 1. The molecule has 3 heteroatoms. The molecule has 0 aromatic heterocycles. The number of carboxylic acid groups (broad SMARTS) is 1. The van der Waals surface area contributed by atoms with E-state index in [2.05, 4.69) is 0 Å². The summed E-state index contributed by atoms with van der Waals surface area (Å²) in [5, 5.41) is 7.67. The Morgan fingerprint density at radius 2 is 2.33 bits per heavy atom. The Bertz CT molecular complexity index is 76.9. The zero-order valence-electron chi connectivity index (χ0n) is 2.96. The van der Waals surface area contributed by atoms with E-state index < -0.39 is 5.97 Å². The molecule has 6 heavy (non-hydrogen) atoms. The Balaban J connectivity index is 3.30. The lowest BCUT2D eigenvalue weighted by Gasteiger charge is -1.67. The van der Waals surface area contributed by atoms with Crippen molar-refractivity contribution in [1.82, 2.24) is 5.73 Å². The molecular formula is C3H3NO2. The van der Waals surface area contributed by atoms with Crippen LogP contribution in [0, 0.1) is 0 Å². The van der Waals surface area contributed by atoms with Crippen molar-refractivity contribution < 1.29 is 9.90 Å². The van der Waals surface area contributed by atoms with Gasteiger partial charge in [0.2, 0.25) is 0 Å². The molecule has 0 rings (SSSR count). The molecule has 2 radical (unpaired) electrons. The molecule has 0 saturated heterocycles. The molecule has 0 amide bonds. The van der Waals surface area contributed by atoms with Crippen molar-refractivity contribution in [2.75, 3.05) is 0 Å². The van der Waals surface area contributed by atoms with Gasteiger partial charge in [-0.1, -0.05) is 0 Å². The fourth-order valence-corrected chi connectivity index (χ4v) is 0.0638. The lowest BCUT2D eigenvalue weighted by molar-refractivity contribution is -0.131. The maximum atomic E-state index is 9.35. The van der Waals surface area contributed by atoms with E-state index >= 15 is 0 Å². The number of nitrogens with zero attached hydrogens (tertiary/aromatic N) is 1. The van der Waals surface area contributed by atoms with Crippen LogP contribution in [0.2, 0.25) is 0 Å². The average Bonchev–Trinajstić information content (AvgIpc) is 1.35. The summed E-state index contributed by atoms with van der Waals surface area (Å²) >= 11 is 0. The smallest absolute Gasteiger partial charge is 0.329 e. The Morgan fingerprint density at radius 1 is 1.83 bits per heavy atom. The molecule has 0 aromatic carbocycles. The minimum atomic E-state index is -1.14. The van der Waals surface area contributed by atoms with Crippen LogP contribution in [-0.2, 0) is 4.79 Å². The number of hydrogen-bond donors (Lipinski definition) is 1. The van der Waals surface area contributed by atoms with Gasteiger partial charge in [0.15, 0.2) is 0 Å². The molecule has 0 aromatic rings. The predicted molar refractivity (Wildman–Crippen MR) is 18.9 cm³/mol. The zero-order valence-corrected chi connectivity index (χ0v) is 2.96. The summed E-state index contributed by atoms with van der Waals surface area (Å²) in [5.41, 5.74) is 7.68. The fraction of sp³-hybridized carbons (Fsp3) is 0. The highest BCUT2D eigenvalue weighted by Gasteiger charge is 1.78. The van der Waals surface area contributed by atoms with Crippen LogP contribution >= 0.6 is 0 Å². The Labute approximate surface area is 35.1 Å². The van der Waals surface area contributed by atoms with E-state index in [1.165, 1.54) is 0 Å². The van der Waals surface area contributed by atoms with Gasteiger partial charge in [-0.15, -0.1) is 0 Å². The van der Waals surface area contributed by atoms with Crippen molar-refractivity contribution >= 4 is 5.97 Å². The van der Waals surface area contributed by atoms with Crippen LogP contribution in [0.3, 0.4) is 0 Å². The number of rotatable bonds is 1. The van der Waals surface area contributed by atoms with Crippen LogP contribution in [0.1, 0.15) is 0 Å². The summed E-state index contributed by atoms with van der Waals surface area (Å²) in [5.74, 6) is -1.14. The lowest BCUT2D eigenvalue weighted by atomic mass is 10.6. The van der Waals surface area contributed by atoms with Gasteiger partial charge in [0, 0.05) is 6.08 Å². The van der Waals surface area contributed by atoms with Crippen molar-refractivity contribution in [3.63, 3.8) is 0 Å². The highest BCUT2D eigenvalue weighted by molar-refractivity contribution is 5.79. The summed E-state index contributed by atoms with van der Waals surface area (Å²) in [6, 6.07) is 0. The first-order chi connectivity index (χ1) is 2.77. The van der Waals surface area contributed by atoms with Gasteiger partial charge >= 0.3 is 5.97 Å². The van der Waals surface area contributed by atoms with Crippen LogP contribution in [0.5, 0.6) is 0 Å². The van der Waals surface area contributed by atoms with Crippen LogP contribution in [-0.4, -0.2) is 11.1 Å². The molecule has 0 heterocycles. The van der Waals surface area contributed by atoms with Gasteiger partial charge in [-0.3, -0.25) is 0 Å². The van der Waals surface area contributed by atoms with Crippen LogP contribution in [0.25, 0.3) is 0 Å². The number of carboxylic acids is 1. The van der Waals surface area contributed by atoms with Gasteiger partial charge in [-0.25, -0.2) is 4.79 Å².